The second-order valence-electron chi connectivity index (χ2n) is 9.60. The van der Waals surface area contributed by atoms with Gasteiger partial charge in [-0.3, -0.25) is 20.1 Å². The molecule has 0 bridgehead atoms. The molecule has 0 spiro atoms. The molecular formula is C31H25N7S. The Labute approximate surface area is 229 Å². The number of nitrogens with zero attached hydrogens (tertiary/aromatic N) is 4. The summed E-state index contributed by atoms with van der Waals surface area (Å²) in [7, 11) is 0. The fraction of sp³-hybridized carbons (Fsp3) is 0.0968. The number of thiophene rings is 1. The normalized spacial score (nSPS) is 11.5. The van der Waals surface area contributed by atoms with Crippen LogP contribution in [0.25, 0.3) is 54.9 Å². The SMILES string of the molecule is Cc1ccc(-c2cncc3[nH]c(-c4n[nH]c5cnc(-c6cncc(CNCc7ccccc7)c6)cc45)cc23)s1. The lowest BCUT2D eigenvalue weighted by Gasteiger charge is -2.07. The van der Waals surface area contributed by atoms with Gasteiger partial charge < -0.3 is 10.3 Å². The molecule has 7 rings (SSSR count). The maximum Gasteiger partial charge on any atom is 0.116 e. The molecule has 0 amide bonds. The molecule has 0 saturated carbocycles. The number of nitrogens with one attached hydrogen (secondary N) is 3. The first-order chi connectivity index (χ1) is 19.2. The Bertz CT molecular complexity index is 1920. The Balaban J connectivity index is 1.20. The van der Waals surface area contributed by atoms with E-state index in [0.29, 0.717) is 0 Å². The third-order valence-corrected chi connectivity index (χ3v) is 7.88. The lowest BCUT2D eigenvalue weighted by Crippen LogP contribution is -2.12. The molecule has 190 valence electrons. The Morgan fingerprint density at radius 1 is 0.795 bits per heavy atom. The Morgan fingerprint density at radius 2 is 1.67 bits per heavy atom. The summed E-state index contributed by atoms with van der Waals surface area (Å²) in [6.07, 6.45) is 9.40. The van der Waals surface area contributed by atoms with Crippen molar-refractivity contribution in [1.29, 1.82) is 0 Å². The van der Waals surface area contributed by atoms with Crippen molar-refractivity contribution in [2.24, 2.45) is 0 Å². The van der Waals surface area contributed by atoms with E-state index in [1.807, 2.05) is 37.1 Å². The largest absolute Gasteiger partial charge is 0.352 e. The van der Waals surface area contributed by atoms with Crippen molar-refractivity contribution in [2.75, 3.05) is 0 Å². The van der Waals surface area contributed by atoms with E-state index in [2.05, 4.69) is 92.0 Å². The van der Waals surface area contributed by atoms with Crippen molar-refractivity contribution < 1.29 is 0 Å². The molecule has 0 aliphatic carbocycles. The molecule has 0 unspecified atom stereocenters. The molecule has 0 aliphatic rings. The quantitative estimate of drug-likeness (QED) is 0.210. The van der Waals surface area contributed by atoms with Crippen LogP contribution in [0.4, 0.5) is 0 Å². The molecule has 0 fully saturated rings. The van der Waals surface area contributed by atoms with Gasteiger partial charge in [-0.15, -0.1) is 11.3 Å². The third-order valence-electron chi connectivity index (χ3n) is 6.85. The van der Waals surface area contributed by atoms with Gasteiger partial charge >= 0.3 is 0 Å². The number of aryl methyl sites for hydroxylation is 1. The molecule has 6 heterocycles. The van der Waals surface area contributed by atoms with Gasteiger partial charge in [0.1, 0.15) is 5.69 Å². The predicted molar refractivity (Wildman–Crippen MR) is 157 cm³/mol. The van der Waals surface area contributed by atoms with Crippen molar-refractivity contribution >= 4 is 33.1 Å². The van der Waals surface area contributed by atoms with Crippen LogP contribution in [0.5, 0.6) is 0 Å². The summed E-state index contributed by atoms with van der Waals surface area (Å²) >= 11 is 1.77. The molecule has 0 atom stereocenters. The minimum atomic E-state index is 0.726. The van der Waals surface area contributed by atoms with Gasteiger partial charge in [-0.05, 0) is 48.4 Å². The first-order valence-corrected chi connectivity index (χ1v) is 13.6. The van der Waals surface area contributed by atoms with Crippen molar-refractivity contribution in [1.82, 2.24) is 35.5 Å². The standard InChI is InChI=1S/C31H25N7S/c1-19-7-8-30(39-19)25-16-34-17-28-23(25)10-27(36-28)31-24-11-26(35-18-29(24)37-38-31)22-9-21(14-33-15-22)13-32-12-20-5-3-2-4-6-20/h2-11,14-18,32,36H,12-13H2,1H3,(H,37,38). The smallest absolute Gasteiger partial charge is 0.116 e. The molecule has 0 radical (unpaired) electrons. The highest BCUT2D eigenvalue weighted by atomic mass is 32.1. The van der Waals surface area contributed by atoms with E-state index < -0.39 is 0 Å². The van der Waals surface area contributed by atoms with E-state index in [1.165, 1.54) is 15.3 Å². The summed E-state index contributed by atoms with van der Waals surface area (Å²) in [6.45, 7) is 3.66. The molecule has 1 aromatic carbocycles. The van der Waals surface area contributed by atoms with Crippen LogP contribution in [-0.4, -0.2) is 30.1 Å². The molecular weight excluding hydrogens is 502 g/mol. The number of fused-ring (bicyclic) bond motifs is 2. The second kappa shape index (κ2) is 9.90. The second-order valence-corrected chi connectivity index (χ2v) is 10.9. The number of H-pyrrole nitrogens is 2. The predicted octanol–water partition coefficient (Wildman–Crippen LogP) is 6.89. The molecule has 7 aromatic rings. The lowest BCUT2D eigenvalue weighted by atomic mass is 10.1. The van der Waals surface area contributed by atoms with Crippen LogP contribution in [0, 0.1) is 6.92 Å². The molecule has 0 aliphatic heterocycles. The minimum absolute atomic E-state index is 0.726. The minimum Gasteiger partial charge on any atom is -0.352 e. The number of aromatic amines is 2. The molecule has 0 saturated heterocycles. The van der Waals surface area contributed by atoms with E-state index in [0.717, 1.165) is 68.7 Å². The number of aromatic nitrogens is 6. The zero-order chi connectivity index (χ0) is 26.2. The highest BCUT2D eigenvalue weighted by Gasteiger charge is 2.16. The topological polar surface area (TPSA) is 95.2 Å². The van der Waals surface area contributed by atoms with Gasteiger partial charge in [0, 0.05) is 63.3 Å². The fourth-order valence-electron chi connectivity index (χ4n) is 4.91. The zero-order valence-corrected chi connectivity index (χ0v) is 22.1. The number of benzene rings is 1. The van der Waals surface area contributed by atoms with Crippen LogP contribution in [0.15, 0.2) is 91.6 Å². The maximum atomic E-state index is 4.70. The molecule has 8 heteroatoms. The molecule has 7 nitrogen and oxygen atoms in total. The van der Waals surface area contributed by atoms with Crippen LogP contribution >= 0.6 is 11.3 Å². The fourth-order valence-corrected chi connectivity index (χ4v) is 5.80. The van der Waals surface area contributed by atoms with E-state index in [4.69, 9.17) is 4.98 Å². The van der Waals surface area contributed by atoms with Crippen LogP contribution in [0.2, 0.25) is 0 Å². The first-order valence-electron chi connectivity index (χ1n) is 12.8. The Hall–Kier alpha value is -4.66. The van der Waals surface area contributed by atoms with Crippen LogP contribution in [0.3, 0.4) is 0 Å². The summed E-state index contributed by atoms with van der Waals surface area (Å²) in [5, 5.41) is 13.4. The summed E-state index contributed by atoms with van der Waals surface area (Å²) in [5.41, 5.74) is 8.98. The monoisotopic (exact) mass is 527 g/mol. The van der Waals surface area contributed by atoms with Crippen molar-refractivity contribution in [3.63, 3.8) is 0 Å². The van der Waals surface area contributed by atoms with Gasteiger partial charge in [0.05, 0.1) is 34.8 Å². The highest BCUT2D eigenvalue weighted by Crippen LogP contribution is 2.36. The van der Waals surface area contributed by atoms with Crippen LogP contribution < -0.4 is 5.32 Å². The van der Waals surface area contributed by atoms with Crippen molar-refractivity contribution in [3.8, 4) is 33.1 Å². The Morgan fingerprint density at radius 3 is 2.54 bits per heavy atom. The lowest BCUT2D eigenvalue weighted by molar-refractivity contribution is 0.691. The van der Waals surface area contributed by atoms with E-state index >= 15 is 0 Å². The van der Waals surface area contributed by atoms with Gasteiger partial charge in [-0.25, -0.2) is 0 Å². The third kappa shape index (κ3) is 4.60. The van der Waals surface area contributed by atoms with Gasteiger partial charge in [-0.1, -0.05) is 30.3 Å². The summed E-state index contributed by atoms with van der Waals surface area (Å²) in [5.74, 6) is 0. The van der Waals surface area contributed by atoms with E-state index in [9.17, 15) is 0 Å². The number of hydrogen-bond donors (Lipinski definition) is 3. The first kappa shape index (κ1) is 23.5. The summed E-state index contributed by atoms with van der Waals surface area (Å²) in [4.78, 5) is 19.7. The average molecular weight is 528 g/mol. The molecule has 39 heavy (non-hydrogen) atoms. The summed E-state index contributed by atoms with van der Waals surface area (Å²) in [6, 6.07) is 21.1. The van der Waals surface area contributed by atoms with Crippen LogP contribution in [0.1, 0.15) is 16.0 Å². The zero-order valence-electron chi connectivity index (χ0n) is 21.3. The van der Waals surface area contributed by atoms with E-state index in [1.54, 1.807) is 11.3 Å². The summed E-state index contributed by atoms with van der Waals surface area (Å²) < 4.78 is 0. The average Bonchev–Trinajstić information content (AvgIpc) is 3.71. The highest BCUT2D eigenvalue weighted by molar-refractivity contribution is 7.15. The van der Waals surface area contributed by atoms with Crippen molar-refractivity contribution in [2.45, 2.75) is 20.0 Å². The van der Waals surface area contributed by atoms with Crippen LogP contribution in [-0.2, 0) is 13.1 Å². The van der Waals surface area contributed by atoms with Gasteiger partial charge in [0.2, 0.25) is 0 Å². The molecule has 3 N–H and O–H groups in total. The van der Waals surface area contributed by atoms with Gasteiger partial charge in [0.15, 0.2) is 0 Å². The van der Waals surface area contributed by atoms with Gasteiger partial charge in [0.25, 0.3) is 0 Å². The number of hydrogen-bond acceptors (Lipinski definition) is 6. The number of pyridine rings is 3. The molecule has 6 aromatic heterocycles. The van der Waals surface area contributed by atoms with Crippen molar-refractivity contribution in [3.05, 3.63) is 108 Å². The van der Waals surface area contributed by atoms with E-state index in [-0.39, 0.29) is 0 Å². The maximum absolute atomic E-state index is 4.70. The van der Waals surface area contributed by atoms with Gasteiger partial charge in [-0.2, -0.15) is 5.10 Å². The number of rotatable bonds is 7. The Kier molecular flexibility index (Phi) is 5.96.